The van der Waals surface area contributed by atoms with E-state index in [1.165, 1.54) is 16.2 Å². The summed E-state index contributed by atoms with van der Waals surface area (Å²) in [6.07, 6.45) is 0. The zero-order chi connectivity index (χ0) is 13.0. The minimum atomic E-state index is 0.395. The van der Waals surface area contributed by atoms with Gasteiger partial charge in [0.15, 0.2) is 0 Å². The van der Waals surface area contributed by atoms with Crippen molar-refractivity contribution >= 4 is 23.1 Å². The molecule has 0 aliphatic rings. The number of hydrogen-bond acceptors (Lipinski definition) is 4. The minimum absolute atomic E-state index is 0.395. The highest BCUT2D eigenvalue weighted by atomic mass is 32.2. The van der Waals surface area contributed by atoms with E-state index >= 15 is 0 Å². The van der Waals surface area contributed by atoms with Gasteiger partial charge in [-0.05, 0) is 38.6 Å². The van der Waals surface area contributed by atoms with E-state index < -0.39 is 0 Å². The molecule has 0 amide bonds. The van der Waals surface area contributed by atoms with Crippen LogP contribution in [0, 0.1) is 6.92 Å². The molecule has 0 saturated heterocycles. The number of aryl methyl sites for hydroxylation is 1. The Labute approximate surface area is 117 Å². The molecule has 0 fully saturated rings. The van der Waals surface area contributed by atoms with Gasteiger partial charge in [0, 0.05) is 22.1 Å². The van der Waals surface area contributed by atoms with Gasteiger partial charge in [0.25, 0.3) is 0 Å². The van der Waals surface area contributed by atoms with Crippen LogP contribution in [0.4, 0.5) is 0 Å². The Kier molecular flexibility index (Phi) is 4.80. The summed E-state index contributed by atoms with van der Waals surface area (Å²) in [6.45, 7) is 4.22. The van der Waals surface area contributed by atoms with Gasteiger partial charge in [-0.3, -0.25) is 0 Å². The Hall–Kier alpha value is -0.840. The Morgan fingerprint density at radius 3 is 2.94 bits per heavy atom. The molecule has 18 heavy (non-hydrogen) atoms. The summed E-state index contributed by atoms with van der Waals surface area (Å²) >= 11 is 3.56. The summed E-state index contributed by atoms with van der Waals surface area (Å²) in [5.41, 5.74) is 2.51. The van der Waals surface area contributed by atoms with Crippen LogP contribution in [0.15, 0.2) is 34.5 Å². The molecule has 0 spiro atoms. The molecular formula is C14H18N2S2. The number of thioether (sulfide) groups is 1. The van der Waals surface area contributed by atoms with Crippen molar-refractivity contribution in [3.63, 3.8) is 0 Å². The van der Waals surface area contributed by atoms with Crippen molar-refractivity contribution in [2.75, 3.05) is 7.05 Å². The largest absolute Gasteiger partial charge is 0.313 e. The van der Waals surface area contributed by atoms with Gasteiger partial charge in [0.1, 0.15) is 0 Å². The molecule has 1 aromatic carbocycles. The lowest BCUT2D eigenvalue weighted by Crippen LogP contribution is -2.11. The van der Waals surface area contributed by atoms with Crippen LogP contribution >= 0.6 is 23.1 Å². The second-order valence-corrected chi connectivity index (χ2v) is 6.34. The van der Waals surface area contributed by atoms with Gasteiger partial charge in [0.2, 0.25) is 0 Å². The molecule has 4 heteroatoms. The number of thiazole rings is 1. The van der Waals surface area contributed by atoms with E-state index in [9.17, 15) is 0 Å². The first-order valence-electron chi connectivity index (χ1n) is 6.00. The predicted octanol–water partition coefficient (Wildman–Crippen LogP) is 4.02. The third kappa shape index (κ3) is 3.57. The lowest BCUT2D eigenvalue weighted by Gasteiger charge is -2.11. The summed E-state index contributed by atoms with van der Waals surface area (Å²) in [4.78, 5) is 5.79. The zero-order valence-electron chi connectivity index (χ0n) is 10.9. The number of nitrogens with one attached hydrogen (secondary N) is 1. The number of benzene rings is 1. The van der Waals surface area contributed by atoms with E-state index in [2.05, 4.69) is 46.9 Å². The molecule has 1 heterocycles. The smallest absolute Gasteiger partial charge is 0.0897 e. The van der Waals surface area contributed by atoms with Crippen LogP contribution in [-0.2, 0) is 5.75 Å². The SMILES string of the molecule is CNC(C)c1cccc(SCc2csc(C)n2)c1. The van der Waals surface area contributed by atoms with E-state index in [0.717, 1.165) is 10.8 Å². The van der Waals surface area contributed by atoms with Gasteiger partial charge in [0.05, 0.1) is 10.7 Å². The van der Waals surface area contributed by atoms with Crippen molar-refractivity contribution < 1.29 is 0 Å². The standard InChI is InChI=1S/C14H18N2S2/c1-10(15-3)12-5-4-6-14(7-12)18-9-13-8-17-11(2)16-13/h4-8,10,15H,9H2,1-3H3. The van der Waals surface area contributed by atoms with E-state index in [1.54, 1.807) is 11.3 Å². The summed E-state index contributed by atoms with van der Waals surface area (Å²) in [7, 11) is 1.99. The quantitative estimate of drug-likeness (QED) is 0.836. The fraction of sp³-hybridized carbons (Fsp3) is 0.357. The molecule has 0 aliphatic heterocycles. The summed E-state index contributed by atoms with van der Waals surface area (Å²) in [5, 5.41) is 6.55. The molecular weight excluding hydrogens is 260 g/mol. The Bertz CT molecular complexity index is 508. The normalized spacial score (nSPS) is 12.6. The van der Waals surface area contributed by atoms with Crippen molar-refractivity contribution in [3.05, 3.63) is 45.9 Å². The summed E-state index contributed by atoms with van der Waals surface area (Å²) < 4.78 is 0. The maximum Gasteiger partial charge on any atom is 0.0897 e. The highest BCUT2D eigenvalue weighted by Gasteiger charge is 2.04. The van der Waals surface area contributed by atoms with Gasteiger partial charge < -0.3 is 5.32 Å². The van der Waals surface area contributed by atoms with Crippen LogP contribution in [-0.4, -0.2) is 12.0 Å². The molecule has 2 aromatic rings. The first kappa shape index (κ1) is 13.6. The van der Waals surface area contributed by atoms with Crippen LogP contribution in [0.25, 0.3) is 0 Å². The molecule has 96 valence electrons. The molecule has 2 nitrogen and oxygen atoms in total. The fourth-order valence-electron chi connectivity index (χ4n) is 1.67. The van der Waals surface area contributed by atoms with E-state index in [1.807, 2.05) is 25.7 Å². The van der Waals surface area contributed by atoms with Crippen molar-refractivity contribution in [2.45, 2.75) is 30.5 Å². The summed E-state index contributed by atoms with van der Waals surface area (Å²) in [5.74, 6) is 0.946. The molecule has 1 atom stereocenters. The third-order valence-electron chi connectivity index (χ3n) is 2.84. The van der Waals surface area contributed by atoms with Gasteiger partial charge in [-0.1, -0.05) is 12.1 Å². The van der Waals surface area contributed by atoms with Gasteiger partial charge >= 0.3 is 0 Å². The number of aromatic nitrogens is 1. The highest BCUT2D eigenvalue weighted by Crippen LogP contribution is 2.25. The Balaban J connectivity index is 2.01. The number of hydrogen-bond donors (Lipinski definition) is 1. The Morgan fingerprint density at radius 1 is 1.44 bits per heavy atom. The van der Waals surface area contributed by atoms with Gasteiger partial charge in [-0.15, -0.1) is 23.1 Å². The molecule has 1 unspecified atom stereocenters. The molecule has 0 bridgehead atoms. The maximum absolute atomic E-state index is 4.48. The van der Waals surface area contributed by atoms with Crippen LogP contribution in [0.1, 0.15) is 29.2 Å². The van der Waals surface area contributed by atoms with Crippen LogP contribution < -0.4 is 5.32 Å². The predicted molar refractivity (Wildman–Crippen MR) is 80.3 cm³/mol. The first-order chi connectivity index (χ1) is 8.69. The third-order valence-corrected chi connectivity index (χ3v) is 4.69. The van der Waals surface area contributed by atoms with Crippen LogP contribution in [0.2, 0.25) is 0 Å². The fourth-order valence-corrected chi connectivity index (χ4v) is 3.25. The number of rotatable bonds is 5. The second kappa shape index (κ2) is 6.36. The van der Waals surface area contributed by atoms with Crippen molar-refractivity contribution in [2.24, 2.45) is 0 Å². The Morgan fingerprint density at radius 2 is 2.28 bits per heavy atom. The average molecular weight is 278 g/mol. The molecule has 0 saturated carbocycles. The molecule has 1 aromatic heterocycles. The van der Waals surface area contributed by atoms with Gasteiger partial charge in [-0.25, -0.2) is 4.98 Å². The topological polar surface area (TPSA) is 24.9 Å². The zero-order valence-corrected chi connectivity index (χ0v) is 12.6. The molecule has 0 radical (unpaired) electrons. The maximum atomic E-state index is 4.48. The molecule has 0 aliphatic carbocycles. The van der Waals surface area contributed by atoms with Crippen molar-refractivity contribution in [3.8, 4) is 0 Å². The average Bonchev–Trinajstić information content (AvgIpc) is 2.81. The van der Waals surface area contributed by atoms with Crippen molar-refractivity contribution in [1.29, 1.82) is 0 Å². The number of nitrogens with zero attached hydrogens (tertiary/aromatic N) is 1. The first-order valence-corrected chi connectivity index (χ1v) is 7.86. The van der Waals surface area contributed by atoms with E-state index in [4.69, 9.17) is 0 Å². The molecule has 2 rings (SSSR count). The monoisotopic (exact) mass is 278 g/mol. The van der Waals surface area contributed by atoms with Crippen LogP contribution in [0.3, 0.4) is 0 Å². The van der Waals surface area contributed by atoms with Crippen molar-refractivity contribution in [1.82, 2.24) is 10.3 Å². The highest BCUT2D eigenvalue weighted by molar-refractivity contribution is 7.98. The lowest BCUT2D eigenvalue weighted by atomic mass is 10.1. The lowest BCUT2D eigenvalue weighted by molar-refractivity contribution is 0.651. The van der Waals surface area contributed by atoms with E-state index in [-0.39, 0.29) is 0 Å². The van der Waals surface area contributed by atoms with Gasteiger partial charge in [-0.2, -0.15) is 0 Å². The second-order valence-electron chi connectivity index (χ2n) is 4.23. The van der Waals surface area contributed by atoms with Crippen LogP contribution in [0.5, 0.6) is 0 Å². The minimum Gasteiger partial charge on any atom is -0.313 e. The molecule has 1 N–H and O–H groups in total. The van der Waals surface area contributed by atoms with E-state index in [0.29, 0.717) is 6.04 Å². The summed E-state index contributed by atoms with van der Waals surface area (Å²) in [6, 6.07) is 9.10.